The van der Waals surface area contributed by atoms with Crippen LogP contribution in [0.1, 0.15) is 18.4 Å². The molecule has 0 saturated carbocycles. The van der Waals surface area contributed by atoms with Crippen LogP contribution in [-0.2, 0) is 16.0 Å². The minimum atomic E-state index is -0.266. The number of carbonyl (C=O) groups is 1. The first-order valence-corrected chi connectivity index (χ1v) is 6.68. The number of methoxy groups -OCH3 is 1. The van der Waals surface area contributed by atoms with E-state index in [1.807, 2.05) is 0 Å². The van der Waals surface area contributed by atoms with Gasteiger partial charge in [0.25, 0.3) is 0 Å². The lowest BCUT2D eigenvalue weighted by Gasteiger charge is -2.30. The summed E-state index contributed by atoms with van der Waals surface area (Å²) in [6.07, 6.45) is 2.69. The zero-order chi connectivity index (χ0) is 13.7. The van der Waals surface area contributed by atoms with Crippen molar-refractivity contribution >= 4 is 5.78 Å². The summed E-state index contributed by atoms with van der Waals surface area (Å²) in [6, 6.07) is 6.13. The van der Waals surface area contributed by atoms with Crippen LogP contribution in [0, 0.1) is 5.82 Å². The summed E-state index contributed by atoms with van der Waals surface area (Å²) >= 11 is 0. The molecule has 1 aliphatic rings. The Kier molecular flexibility index (Phi) is 5.05. The Morgan fingerprint density at radius 1 is 1.32 bits per heavy atom. The number of benzene rings is 1. The molecular weight excluding hydrogens is 245 g/mol. The van der Waals surface area contributed by atoms with Crippen LogP contribution in [-0.4, -0.2) is 43.5 Å². The van der Waals surface area contributed by atoms with Crippen molar-refractivity contribution in [3.05, 3.63) is 35.6 Å². The van der Waals surface area contributed by atoms with Gasteiger partial charge in [-0.15, -0.1) is 0 Å². The van der Waals surface area contributed by atoms with Crippen LogP contribution in [0.15, 0.2) is 24.3 Å². The number of piperidine rings is 1. The van der Waals surface area contributed by atoms with Crippen LogP contribution < -0.4 is 0 Å². The van der Waals surface area contributed by atoms with E-state index < -0.39 is 0 Å². The Labute approximate surface area is 113 Å². The molecule has 19 heavy (non-hydrogen) atoms. The van der Waals surface area contributed by atoms with E-state index in [-0.39, 0.29) is 11.6 Å². The molecule has 1 aromatic rings. The van der Waals surface area contributed by atoms with Crippen molar-refractivity contribution in [2.24, 2.45) is 0 Å². The van der Waals surface area contributed by atoms with Gasteiger partial charge in [-0.05, 0) is 30.5 Å². The number of ether oxygens (including phenoxy) is 1. The third-order valence-corrected chi connectivity index (χ3v) is 3.58. The molecule has 104 valence electrons. The fraction of sp³-hybridized carbons (Fsp3) is 0.533. The highest BCUT2D eigenvalue weighted by Gasteiger charge is 2.20. The second-order valence-corrected chi connectivity index (χ2v) is 5.05. The molecule has 1 heterocycles. The first-order valence-electron chi connectivity index (χ1n) is 6.68. The summed E-state index contributed by atoms with van der Waals surface area (Å²) in [5, 5.41) is 0. The molecule has 0 aliphatic carbocycles. The maximum Gasteiger partial charge on any atom is 0.151 e. The lowest BCUT2D eigenvalue weighted by Crippen LogP contribution is -2.39. The van der Waals surface area contributed by atoms with E-state index in [0.29, 0.717) is 19.1 Å². The van der Waals surface area contributed by atoms with E-state index >= 15 is 0 Å². The molecule has 1 fully saturated rings. The van der Waals surface area contributed by atoms with Gasteiger partial charge in [-0.3, -0.25) is 9.69 Å². The van der Waals surface area contributed by atoms with E-state index in [1.165, 1.54) is 12.1 Å². The molecule has 0 N–H and O–H groups in total. The number of carbonyl (C=O) groups excluding carboxylic acids is 1. The van der Waals surface area contributed by atoms with Crippen molar-refractivity contribution in [3.8, 4) is 0 Å². The van der Waals surface area contributed by atoms with Gasteiger partial charge >= 0.3 is 0 Å². The number of Topliss-reactive ketones (excluding diaryl/α,β-unsaturated/α-hetero) is 1. The van der Waals surface area contributed by atoms with Gasteiger partial charge in [0.2, 0.25) is 0 Å². The highest BCUT2D eigenvalue weighted by atomic mass is 19.1. The Morgan fingerprint density at radius 3 is 2.53 bits per heavy atom. The highest BCUT2D eigenvalue weighted by Crippen LogP contribution is 2.13. The second-order valence-electron chi connectivity index (χ2n) is 5.05. The predicted molar refractivity (Wildman–Crippen MR) is 71.6 cm³/mol. The normalized spacial score (nSPS) is 17.6. The molecule has 0 aromatic heterocycles. The third kappa shape index (κ3) is 4.40. The minimum absolute atomic E-state index is 0.183. The van der Waals surface area contributed by atoms with Crippen LogP contribution >= 0.6 is 0 Å². The van der Waals surface area contributed by atoms with Crippen molar-refractivity contribution in [3.63, 3.8) is 0 Å². The third-order valence-electron chi connectivity index (χ3n) is 3.58. The SMILES string of the molecule is COC1CCN(CC(=O)Cc2ccc(F)cc2)CC1. The summed E-state index contributed by atoms with van der Waals surface area (Å²) in [6.45, 7) is 2.30. The monoisotopic (exact) mass is 265 g/mol. The van der Waals surface area contributed by atoms with Gasteiger partial charge in [0.1, 0.15) is 5.82 Å². The van der Waals surface area contributed by atoms with Crippen LogP contribution in [0.5, 0.6) is 0 Å². The van der Waals surface area contributed by atoms with Crippen molar-refractivity contribution in [2.75, 3.05) is 26.7 Å². The van der Waals surface area contributed by atoms with Gasteiger partial charge in [-0.1, -0.05) is 12.1 Å². The molecule has 0 atom stereocenters. The van der Waals surface area contributed by atoms with Crippen LogP contribution in [0.3, 0.4) is 0 Å². The second kappa shape index (κ2) is 6.78. The molecule has 0 radical (unpaired) electrons. The molecule has 1 saturated heterocycles. The summed E-state index contributed by atoms with van der Waals surface area (Å²) < 4.78 is 18.1. The molecule has 0 amide bonds. The molecule has 2 rings (SSSR count). The lowest BCUT2D eigenvalue weighted by molar-refractivity contribution is -0.120. The standard InChI is InChI=1S/C15H20FNO2/c1-19-15-6-8-17(9-7-15)11-14(18)10-12-2-4-13(16)5-3-12/h2-5,15H,6-11H2,1H3. The van der Waals surface area contributed by atoms with Gasteiger partial charge in [0.05, 0.1) is 12.6 Å². The Morgan fingerprint density at radius 2 is 1.95 bits per heavy atom. The number of ketones is 1. The van der Waals surface area contributed by atoms with Crippen molar-refractivity contribution in [2.45, 2.75) is 25.4 Å². The van der Waals surface area contributed by atoms with Gasteiger partial charge in [-0.25, -0.2) is 4.39 Å². The van der Waals surface area contributed by atoms with E-state index in [0.717, 1.165) is 31.5 Å². The predicted octanol–water partition coefficient (Wildman–Crippen LogP) is 2.05. The van der Waals surface area contributed by atoms with E-state index in [2.05, 4.69) is 4.90 Å². The smallest absolute Gasteiger partial charge is 0.151 e. The number of hydrogen-bond donors (Lipinski definition) is 0. The minimum Gasteiger partial charge on any atom is -0.381 e. The number of halogens is 1. The van der Waals surface area contributed by atoms with Crippen LogP contribution in [0.2, 0.25) is 0 Å². The largest absolute Gasteiger partial charge is 0.381 e. The number of nitrogens with zero attached hydrogens (tertiary/aromatic N) is 1. The van der Waals surface area contributed by atoms with Gasteiger partial charge in [-0.2, -0.15) is 0 Å². The Balaban J connectivity index is 1.77. The quantitative estimate of drug-likeness (QED) is 0.816. The van der Waals surface area contributed by atoms with E-state index in [4.69, 9.17) is 4.74 Å². The molecule has 1 aliphatic heterocycles. The van der Waals surface area contributed by atoms with E-state index in [1.54, 1.807) is 19.2 Å². The summed E-state index contributed by atoms with van der Waals surface area (Å²) in [4.78, 5) is 14.1. The highest BCUT2D eigenvalue weighted by molar-refractivity contribution is 5.82. The molecule has 0 bridgehead atoms. The number of hydrogen-bond acceptors (Lipinski definition) is 3. The fourth-order valence-electron chi connectivity index (χ4n) is 2.44. The first-order chi connectivity index (χ1) is 9.17. The molecular formula is C15H20FNO2. The average Bonchev–Trinajstić information content (AvgIpc) is 2.42. The molecule has 4 heteroatoms. The topological polar surface area (TPSA) is 29.5 Å². The number of likely N-dealkylation sites (tertiary alicyclic amines) is 1. The van der Waals surface area contributed by atoms with Crippen molar-refractivity contribution < 1.29 is 13.9 Å². The molecule has 0 unspecified atom stereocenters. The van der Waals surface area contributed by atoms with Crippen LogP contribution in [0.25, 0.3) is 0 Å². The van der Waals surface area contributed by atoms with Crippen LogP contribution in [0.4, 0.5) is 4.39 Å². The summed E-state index contributed by atoms with van der Waals surface area (Å²) in [5.41, 5.74) is 0.873. The van der Waals surface area contributed by atoms with Gasteiger partial charge < -0.3 is 4.74 Å². The maximum atomic E-state index is 12.8. The zero-order valence-corrected chi connectivity index (χ0v) is 11.3. The number of rotatable bonds is 5. The lowest BCUT2D eigenvalue weighted by atomic mass is 10.1. The van der Waals surface area contributed by atoms with E-state index in [9.17, 15) is 9.18 Å². The van der Waals surface area contributed by atoms with Gasteiger partial charge in [0.15, 0.2) is 5.78 Å². The maximum absolute atomic E-state index is 12.8. The van der Waals surface area contributed by atoms with Crippen molar-refractivity contribution in [1.29, 1.82) is 0 Å². The molecule has 1 aromatic carbocycles. The summed E-state index contributed by atoms with van der Waals surface area (Å²) in [5.74, 6) is -0.0830. The van der Waals surface area contributed by atoms with Gasteiger partial charge in [0, 0.05) is 26.6 Å². The average molecular weight is 265 g/mol. The zero-order valence-electron chi connectivity index (χ0n) is 11.3. The fourth-order valence-corrected chi connectivity index (χ4v) is 2.44. The Hall–Kier alpha value is -1.26. The molecule has 0 spiro atoms. The van der Waals surface area contributed by atoms with Crippen molar-refractivity contribution in [1.82, 2.24) is 4.90 Å². The molecule has 3 nitrogen and oxygen atoms in total. The Bertz CT molecular complexity index is 411. The summed E-state index contributed by atoms with van der Waals surface area (Å²) in [7, 11) is 1.74. The first kappa shape index (κ1) is 14.2.